The average Bonchev–Trinajstić information content (AvgIpc) is 2.94. The number of rotatable bonds is 3. The molecule has 94 valence electrons. The monoisotopic (exact) mass is 260 g/mol. The lowest BCUT2D eigenvalue weighted by Crippen LogP contribution is -2.31. The molecular weight excluding hydrogens is 244 g/mol. The van der Waals surface area contributed by atoms with Crippen LogP contribution in [0.15, 0.2) is 24.0 Å². The molecule has 0 radical (unpaired) electrons. The quantitative estimate of drug-likeness (QED) is 0.918. The van der Waals surface area contributed by atoms with Crippen molar-refractivity contribution >= 4 is 11.3 Å². The van der Waals surface area contributed by atoms with E-state index in [1.807, 2.05) is 11.6 Å². The van der Waals surface area contributed by atoms with Crippen LogP contribution in [0, 0.1) is 5.92 Å². The lowest BCUT2D eigenvalue weighted by Gasteiger charge is -2.22. The number of thiazole rings is 1. The summed E-state index contributed by atoms with van der Waals surface area (Å²) in [7, 11) is 0. The highest BCUT2D eigenvalue weighted by Gasteiger charge is 2.14. The zero-order valence-electron chi connectivity index (χ0n) is 10.2. The van der Waals surface area contributed by atoms with Crippen LogP contribution in [0.2, 0.25) is 0 Å². The Morgan fingerprint density at radius 2 is 2.33 bits per heavy atom. The molecule has 0 aliphatic carbocycles. The molecule has 0 aromatic carbocycles. The first kappa shape index (κ1) is 11.7. The van der Waals surface area contributed by atoms with Crippen LogP contribution in [0.4, 0.5) is 0 Å². The summed E-state index contributed by atoms with van der Waals surface area (Å²) in [4.78, 5) is 13.0. The minimum Gasteiger partial charge on any atom is -0.316 e. The van der Waals surface area contributed by atoms with Crippen LogP contribution in [0.3, 0.4) is 0 Å². The van der Waals surface area contributed by atoms with Crippen LogP contribution in [-0.2, 0) is 6.42 Å². The summed E-state index contributed by atoms with van der Waals surface area (Å²) in [6.45, 7) is 2.27. The van der Waals surface area contributed by atoms with Crippen LogP contribution in [0.5, 0.6) is 0 Å². The van der Waals surface area contributed by atoms with Crippen molar-refractivity contribution in [3.63, 3.8) is 0 Å². The third-order valence-electron chi connectivity index (χ3n) is 3.27. The van der Waals surface area contributed by atoms with Crippen molar-refractivity contribution in [2.45, 2.75) is 19.3 Å². The van der Waals surface area contributed by atoms with E-state index < -0.39 is 0 Å². The van der Waals surface area contributed by atoms with Crippen molar-refractivity contribution in [1.29, 1.82) is 0 Å². The molecule has 18 heavy (non-hydrogen) atoms. The molecule has 3 rings (SSSR count). The van der Waals surface area contributed by atoms with Crippen molar-refractivity contribution in [3.8, 4) is 10.7 Å². The van der Waals surface area contributed by atoms with Crippen molar-refractivity contribution in [1.82, 2.24) is 20.3 Å². The van der Waals surface area contributed by atoms with Gasteiger partial charge in [0.15, 0.2) is 0 Å². The molecule has 3 heterocycles. The Labute approximate surface area is 111 Å². The van der Waals surface area contributed by atoms with Gasteiger partial charge >= 0.3 is 0 Å². The minimum absolute atomic E-state index is 0.706. The summed E-state index contributed by atoms with van der Waals surface area (Å²) >= 11 is 1.62. The molecule has 1 saturated heterocycles. The number of hydrogen-bond donors (Lipinski definition) is 1. The summed E-state index contributed by atoms with van der Waals surface area (Å²) < 4.78 is 0. The third-order valence-corrected chi connectivity index (χ3v) is 4.07. The van der Waals surface area contributed by atoms with Crippen LogP contribution < -0.4 is 5.32 Å². The summed E-state index contributed by atoms with van der Waals surface area (Å²) in [5, 5.41) is 6.39. The molecule has 0 amide bonds. The number of aromatic nitrogens is 3. The van der Waals surface area contributed by atoms with Gasteiger partial charge < -0.3 is 5.32 Å². The van der Waals surface area contributed by atoms with Crippen LogP contribution in [0.25, 0.3) is 10.7 Å². The molecule has 2 aromatic rings. The van der Waals surface area contributed by atoms with Crippen LogP contribution in [-0.4, -0.2) is 28.0 Å². The fraction of sp³-hybridized carbons (Fsp3) is 0.462. The Bertz CT molecular complexity index is 491. The molecule has 0 bridgehead atoms. The van der Waals surface area contributed by atoms with Gasteiger partial charge in [0.25, 0.3) is 0 Å². The van der Waals surface area contributed by atoms with Crippen molar-refractivity contribution in [2.75, 3.05) is 13.1 Å². The normalized spacial score (nSPS) is 19.9. The maximum Gasteiger partial charge on any atom is 0.141 e. The lowest BCUT2D eigenvalue weighted by molar-refractivity contribution is 0.373. The highest BCUT2D eigenvalue weighted by molar-refractivity contribution is 7.13. The third kappa shape index (κ3) is 2.73. The van der Waals surface area contributed by atoms with E-state index in [9.17, 15) is 0 Å². The molecule has 0 spiro atoms. The molecule has 5 heteroatoms. The van der Waals surface area contributed by atoms with Gasteiger partial charge in [-0.1, -0.05) is 0 Å². The average molecular weight is 260 g/mol. The smallest absolute Gasteiger partial charge is 0.141 e. The molecule has 1 fully saturated rings. The standard InChI is InChI=1S/C13H16N4S/c1-2-10(8-14-3-1)6-11-7-12(17-9-16-11)13-15-4-5-18-13/h4-5,7,9-10,14H,1-3,6,8H2/t10-/m1/s1. The van der Waals surface area contributed by atoms with E-state index in [4.69, 9.17) is 0 Å². The largest absolute Gasteiger partial charge is 0.316 e. The number of nitrogens with one attached hydrogen (secondary N) is 1. The van der Waals surface area contributed by atoms with Gasteiger partial charge in [0, 0.05) is 17.3 Å². The van der Waals surface area contributed by atoms with E-state index in [0.717, 1.165) is 35.9 Å². The summed E-state index contributed by atoms with van der Waals surface area (Å²) in [5.74, 6) is 0.706. The van der Waals surface area contributed by atoms with Gasteiger partial charge in [-0.15, -0.1) is 11.3 Å². The van der Waals surface area contributed by atoms with Gasteiger partial charge in [0.1, 0.15) is 17.0 Å². The van der Waals surface area contributed by atoms with E-state index in [1.165, 1.54) is 12.8 Å². The second-order valence-electron chi connectivity index (χ2n) is 4.65. The first-order chi connectivity index (χ1) is 8.92. The van der Waals surface area contributed by atoms with E-state index in [1.54, 1.807) is 17.7 Å². The van der Waals surface area contributed by atoms with Gasteiger partial charge in [-0.05, 0) is 44.3 Å². The topological polar surface area (TPSA) is 50.7 Å². The predicted molar refractivity (Wildman–Crippen MR) is 72.4 cm³/mol. The van der Waals surface area contributed by atoms with Gasteiger partial charge in [-0.25, -0.2) is 15.0 Å². The maximum atomic E-state index is 4.38. The molecule has 1 N–H and O–H groups in total. The fourth-order valence-electron chi connectivity index (χ4n) is 2.37. The molecule has 4 nitrogen and oxygen atoms in total. The van der Waals surface area contributed by atoms with Crippen molar-refractivity contribution in [2.24, 2.45) is 5.92 Å². The zero-order valence-corrected chi connectivity index (χ0v) is 11.0. The van der Waals surface area contributed by atoms with Crippen molar-refractivity contribution in [3.05, 3.63) is 29.7 Å². The van der Waals surface area contributed by atoms with Crippen molar-refractivity contribution < 1.29 is 0 Å². The number of piperidine rings is 1. The Balaban J connectivity index is 1.74. The number of hydrogen-bond acceptors (Lipinski definition) is 5. The minimum atomic E-state index is 0.706. The van der Waals surface area contributed by atoms with E-state index in [0.29, 0.717) is 5.92 Å². The molecule has 1 aliphatic rings. The summed E-state index contributed by atoms with van der Waals surface area (Å²) in [5.41, 5.74) is 2.07. The lowest BCUT2D eigenvalue weighted by atomic mass is 9.94. The second kappa shape index (κ2) is 5.54. The molecule has 1 aliphatic heterocycles. The molecule has 0 saturated carbocycles. The Morgan fingerprint density at radius 1 is 1.33 bits per heavy atom. The molecular formula is C13H16N4S. The van der Waals surface area contributed by atoms with Crippen LogP contribution >= 0.6 is 11.3 Å². The predicted octanol–water partition coefficient (Wildman–Crippen LogP) is 2.14. The van der Waals surface area contributed by atoms with E-state index in [2.05, 4.69) is 26.3 Å². The Hall–Kier alpha value is -1.33. The first-order valence-corrected chi connectivity index (χ1v) is 7.21. The van der Waals surface area contributed by atoms with Gasteiger partial charge in [0.05, 0.1) is 0 Å². The first-order valence-electron chi connectivity index (χ1n) is 6.33. The van der Waals surface area contributed by atoms with Gasteiger partial charge in [0.2, 0.25) is 0 Å². The second-order valence-corrected chi connectivity index (χ2v) is 5.54. The highest BCUT2D eigenvalue weighted by Crippen LogP contribution is 2.21. The Kier molecular flexibility index (Phi) is 3.61. The Morgan fingerprint density at radius 3 is 3.11 bits per heavy atom. The summed E-state index contributed by atoms with van der Waals surface area (Å²) in [6, 6.07) is 2.08. The van der Waals surface area contributed by atoms with Gasteiger partial charge in [-0.3, -0.25) is 0 Å². The van der Waals surface area contributed by atoms with Gasteiger partial charge in [-0.2, -0.15) is 0 Å². The summed E-state index contributed by atoms with van der Waals surface area (Å²) in [6.07, 6.45) is 7.07. The number of nitrogens with zero attached hydrogens (tertiary/aromatic N) is 3. The SMILES string of the molecule is c1nc(C[C@H]2CCCNC2)cc(-c2nccs2)n1. The molecule has 2 aromatic heterocycles. The zero-order chi connectivity index (χ0) is 12.2. The van der Waals surface area contributed by atoms with E-state index >= 15 is 0 Å². The van der Waals surface area contributed by atoms with Crippen LogP contribution in [0.1, 0.15) is 18.5 Å². The van der Waals surface area contributed by atoms with E-state index in [-0.39, 0.29) is 0 Å². The maximum absolute atomic E-state index is 4.38. The fourth-order valence-corrected chi connectivity index (χ4v) is 2.97. The molecule has 1 atom stereocenters. The highest BCUT2D eigenvalue weighted by atomic mass is 32.1. The molecule has 0 unspecified atom stereocenters.